The van der Waals surface area contributed by atoms with Crippen molar-refractivity contribution in [3.8, 4) is 0 Å². The lowest BCUT2D eigenvalue weighted by Gasteiger charge is -2.17. The Bertz CT molecular complexity index is 460. The fourth-order valence-electron chi connectivity index (χ4n) is 2.34. The van der Waals surface area contributed by atoms with Gasteiger partial charge in [0.2, 0.25) is 11.8 Å². The molecule has 1 aliphatic heterocycles. The van der Waals surface area contributed by atoms with E-state index >= 15 is 0 Å². The zero-order valence-corrected chi connectivity index (χ0v) is 12.3. The van der Waals surface area contributed by atoms with Crippen molar-refractivity contribution in [3.05, 3.63) is 18.5 Å². The summed E-state index contributed by atoms with van der Waals surface area (Å²) in [5, 5.41) is 12.9. The molecule has 1 saturated heterocycles. The van der Waals surface area contributed by atoms with Gasteiger partial charge in [-0.25, -0.2) is 0 Å². The molecule has 0 saturated carbocycles. The summed E-state index contributed by atoms with van der Waals surface area (Å²) >= 11 is 0. The van der Waals surface area contributed by atoms with Crippen LogP contribution in [0, 0.1) is 0 Å². The van der Waals surface area contributed by atoms with Gasteiger partial charge in [-0.15, -0.1) is 0 Å². The molecule has 0 radical (unpaired) electrons. The average Bonchev–Trinajstić information content (AvgIpc) is 2.88. The maximum Gasteiger partial charge on any atom is 0.242 e. The Kier molecular flexibility index (Phi) is 5.74. The minimum atomic E-state index is -0.400. The van der Waals surface area contributed by atoms with Crippen LogP contribution in [0.4, 0.5) is 0 Å². The number of hydrogen-bond acceptors (Lipinski definition) is 4. The minimum absolute atomic E-state index is 0.0783. The topological polar surface area (TPSA) is 88.1 Å². The first-order chi connectivity index (χ1) is 10.1. The van der Waals surface area contributed by atoms with Crippen LogP contribution >= 0.6 is 0 Å². The second kappa shape index (κ2) is 7.78. The lowest BCUT2D eigenvalue weighted by molar-refractivity contribution is -0.128. The van der Waals surface area contributed by atoms with E-state index in [0.717, 1.165) is 12.8 Å². The quantitative estimate of drug-likeness (QED) is 0.669. The number of rotatable bonds is 6. The van der Waals surface area contributed by atoms with Gasteiger partial charge in [0.1, 0.15) is 6.04 Å². The molecular formula is C14H23N5O2. The summed E-state index contributed by atoms with van der Waals surface area (Å²) in [5.41, 5.74) is 0. The molecule has 2 rings (SSSR count). The van der Waals surface area contributed by atoms with Crippen LogP contribution in [0.25, 0.3) is 0 Å². The van der Waals surface area contributed by atoms with Crippen LogP contribution in [0.1, 0.15) is 26.2 Å². The highest BCUT2D eigenvalue weighted by Crippen LogP contribution is 2.04. The monoisotopic (exact) mass is 293 g/mol. The van der Waals surface area contributed by atoms with Gasteiger partial charge in [-0.3, -0.25) is 14.3 Å². The summed E-state index contributed by atoms with van der Waals surface area (Å²) in [6.45, 7) is 3.59. The maximum absolute atomic E-state index is 11.9. The van der Waals surface area contributed by atoms with Crippen LogP contribution in [0.3, 0.4) is 0 Å². The third kappa shape index (κ3) is 5.18. The number of nitrogens with one attached hydrogen (secondary N) is 3. The van der Waals surface area contributed by atoms with Crippen LogP contribution in [-0.4, -0.2) is 46.8 Å². The van der Waals surface area contributed by atoms with Gasteiger partial charge in [0.05, 0.1) is 13.1 Å². The zero-order chi connectivity index (χ0) is 15.1. The number of nitrogens with zero attached hydrogens (tertiary/aromatic N) is 2. The number of carbonyl (C=O) groups is 2. The second-order valence-corrected chi connectivity index (χ2v) is 5.42. The van der Waals surface area contributed by atoms with Gasteiger partial charge in [0, 0.05) is 25.0 Å². The van der Waals surface area contributed by atoms with Crippen LogP contribution in [0.5, 0.6) is 0 Å². The molecule has 1 aromatic rings. The van der Waals surface area contributed by atoms with Gasteiger partial charge in [0.25, 0.3) is 0 Å². The van der Waals surface area contributed by atoms with Gasteiger partial charge < -0.3 is 16.0 Å². The standard InChI is InChI=1S/C14H23N5O2/c1-11(10-19-8-4-7-17-19)16-9-13(20)18-12-5-2-3-6-15-14(12)21/h4,7-8,11-12,16H,2-3,5-6,9-10H2,1H3,(H,15,21)(H,18,20)/t11-,12-/m0/s1. The van der Waals surface area contributed by atoms with Crippen molar-refractivity contribution in [2.24, 2.45) is 0 Å². The molecule has 0 unspecified atom stereocenters. The zero-order valence-electron chi connectivity index (χ0n) is 12.3. The number of carbonyl (C=O) groups excluding carboxylic acids is 2. The Labute approximate surface area is 124 Å². The number of amides is 2. The SMILES string of the molecule is C[C@@H](Cn1cccn1)NCC(=O)N[C@H]1CCCCNC1=O. The third-order valence-corrected chi connectivity index (χ3v) is 3.50. The second-order valence-electron chi connectivity index (χ2n) is 5.42. The van der Waals surface area contributed by atoms with Crippen LogP contribution in [0.15, 0.2) is 18.5 Å². The summed E-state index contributed by atoms with van der Waals surface area (Å²) in [6.07, 6.45) is 6.24. The van der Waals surface area contributed by atoms with Crippen LogP contribution < -0.4 is 16.0 Å². The van der Waals surface area contributed by atoms with Crippen LogP contribution in [-0.2, 0) is 16.1 Å². The summed E-state index contributed by atoms with van der Waals surface area (Å²) in [7, 11) is 0. The molecule has 7 heteroatoms. The summed E-state index contributed by atoms with van der Waals surface area (Å²) in [6, 6.07) is 1.59. The van der Waals surface area contributed by atoms with Crippen molar-refractivity contribution in [2.75, 3.05) is 13.1 Å². The highest BCUT2D eigenvalue weighted by atomic mass is 16.2. The minimum Gasteiger partial charge on any atom is -0.354 e. The van der Waals surface area contributed by atoms with E-state index in [-0.39, 0.29) is 24.4 Å². The molecule has 0 aromatic carbocycles. The molecular weight excluding hydrogens is 270 g/mol. The third-order valence-electron chi connectivity index (χ3n) is 3.50. The largest absolute Gasteiger partial charge is 0.354 e. The highest BCUT2D eigenvalue weighted by Gasteiger charge is 2.22. The average molecular weight is 293 g/mol. The molecule has 0 aliphatic carbocycles. The summed E-state index contributed by atoms with van der Waals surface area (Å²) in [5.74, 6) is -0.227. The van der Waals surface area contributed by atoms with Gasteiger partial charge >= 0.3 is 0 Å². The maximum atomic E-state index is 11.9. The molecule has 0 spiro atoms. The lowest BCUT2D eigenvalue weighted by Crippen LogP contribution is -2.49. The Morgan fingerprint density at radius 3 is 3.19 bits per heavy atom. The van der Waals surface area contributed by atoms with Crippen molar-refractivity contribution < 1.29 is 9.59 Å². The molecule has 1 aromatic heterocycles. The predicted molar refractivity (Wildman–Crippen MR) is 78.5 cm³/mol. The van der Waals surface area contributed by atoms with E-state index in [4.69, 9.17) is 0 Å². The van der Waals surface area contributed by atoms with Crippen molar-refractivity contribution in [1.82, 2.24) is 25.7 Å². The van der Waals surface area contributed by atoms with Crippen molar-refractivity contribution in [2.45, 2.75) is 44.8 Å². The van der Waals surface area contributed by atoms with Gasteiger partial charge in [-0.1, -0.05) is 0 Å². The lowest BCUT2D eigenvalue weighted by atomic mass is 10.1. The van der Waals surface area contributed by atoms with Gasteiger partial charge in [-0.05, 0) is 32.3 Å². The first kappa shape index (κ1) is 15.5. The normalized spacial score (nSPS) is 20.4. The van der Waals surface area contributed by atoms with E-state index in [9.17, 15) is 9.59 Å². The molecule has 3 N–H and O–H groups in total. The van der Waals surface area contributed by atoms with E-state index in [0.29, 0.717) is 19.5 Å². The number of hydrogen-bond donors (Lipinski definition) is 3. The van der Waals surface area contributed by atoms with E-state index < -0.39 is 6.04 Å². The molecule has 7 nitrogen and oxygen atoms in total. The Morgan fingerprint density at radius 1 is 1.57 bits per heavy atom. The Morgan fingerprint density at radius 2 is 2.43 bits per heavy atom. The molecule has 116 valence electrons. The fourth-order valence-corrected chi connectivity index (χ4v) is 2.34. The van der Waals surface area contributed by atoms with Crippen molar-refractivity contribution >= 4 is 11.8 Å². The molecule has 1 aliphatic rings. The smallest absolute Gasteiger partial charge is 0.242 e. The highest BCUT2D eigenvalue weighted by molar-refractivity contribution is 5.88. The van der Waals surface area contributed by atoms with E-state index in [2.05, 4.69) is 21.0 Å². The van der Waals surface area contributed by atoms with Gasteiger partial charge in [0.15, 0.2) is 0 Å². The first-order valence-corrected chi connectivity index (χ1v) is 7.43. The Hall–Kier alpha value is -1.89. The van der Waals surface area contributed by atoms with Crippen molar-refractivity contribution in [1.29, 1.82) is 0 Å². The molecule has 0 bridgehead atoms. The first-order valence-electron chi connectivity index (χ1n) is 7.43. The molecule has 2 atom stereocenters. The summed E-state index contributed by atoms with van der Waals surface area (Å²) < 4.78 is 1.81. The molecule has 2 heterocycles. The Balaban J connectivity index is 1.70. The fraction of sp³-hybridized carbons (Fsp3) is 0.643. The molecule has 21 heavy (non-hydrogen) atoms. The molecule has 1 fully saturated rings. The number of aromatic nitrogens is 2. The summed E-state index contributed by atoms with van der Waals surface area (Å²) in [4.78, 5) is 23.6. The van der Waals surface area contributed by atoms with E-state index in [1.54, 1.807) is 6.20 Å². The van der Waals surface area contributed by atoms with Crippen molar-refractivity contribution in [3.63, 3.8) is 0 Å². The predicted octanol–water partition coefficient (Wildman–Crippen LogP) is -0.354. The van der Waals surface area contributed by atoms with E-state index in [1.165, 1.54) is 0 Å². The van der Waals surface area contributed by atoms with E-state index in [1.807, 2.05) is 23.9 Å². The van der Waals surface area contributed by atoms with Gasteiger partial charge in [-0.2, -0.15) is 5.10 Å². The van der Waals surface area contributed by atoms with Crippen LogP contribution in [0.2, 0.25) is 0 Å². The molecule has 2 amide bonds.